The largest absolute Gasteiger partial charge is 0.497 e. The van der Waals surface area contributed by atoms with Crippen LogP contribution in [0.1, 0.15) is 16.8 Å². The van der Waals surface area contributed by atoms with Gasteiger partial charge in [0.05, 0.1) is 18.6 Å². The molecule has 1 aliphatic heterocycles. The van der Waals surface area contributed by atoms with E-state index in [9.17, 15) is 14.4 Å². The zero-order valence-corrected chi connectivity index (χ0v) is 16.7. The minimum Gasteiger partial charge on any atom is -0.497 e. The number of benzene rings is 2. The van der Waals surface area contributed by atoms with E-state index in [-0.39, 0.29) is 18.9 Å². The van der Waals surface area contributed by atoms with Gasteiger partial charge in [-0.1, -0.05) is 24.3 Å². The van der Waals surface area contributed by atoms with Crippen molar-refractivity contribution in [1.29, 1.82) is 0 Å². The first-order valence-corrected chi connectivity index (χ1v) is 9.56. The average Bonchev–Trinajstić information content (AvgIpc) is 3.32. The molecule has 8 nitrogen and oxygen atoms in total. The fourth-order valence-corrected chi connectivity index (χ4v) is 3.72. The first-order valence-electron chi connectivity index (χ1n) is 9.56. The molecule has 1 atom stereocenters. The molecule has 1 unspecified atom stereocenters. The van der Waals surface area contributed by atoms with E-state index in [0.717, 1.165) is 10.9 Å². The summed E-state index contributed by atoms with van der Waals surface area (Å²) in [5.74, 6) is -0.882. The Morgan fingerprint density at radius 2 is 1.90 bits per heavy atom. The van der Waals surface area contributed by atoms with Gasteiger partial charge in [0.15, 0.2) is 0 Å². The third-order valence-electron chi connectivity index (χ3n) is 5.30. The summed E-state index contributed by atoms with van der Waals surface area (Å²) in [5, 5.41) is 0.798. The molecule has 0 aliphatic carbocycles. The van der Waals surface area contributed by atoms with Crippen LogP contribution in [0.2, 0.25) is 0 Å². The number of ether oxygens (including phenoxy) is 1. The summed E-state index contributed by atoms with van der Waals surface area (Å²) in [6, 6.07) is 14.7. The Kier molecular flexibility index (Phi) is 5.14. The predicted octanol–water partition coefficient (Wildman–Crippen LogP) is 2.00. The van der Waals surface area contributed by atoms with Gasteiger partial charge in [0.2, 0.25) is 11.8 Å². The van der Waals surface area contributed by atoms with Gasteiger partial charge in [-0.15, -0.1) is 0 Å². The van der Waals surface area contributed by atoms with Gasteiger partial charge in [-0.3, -0.25) is 25.2 Å². The summed E-state index contributed by atoms with van der Waals surface area (Å²) in [7, 11) is 3.41. The highest BCUT2D eigenvalue weighted by Gasteiger charge is 2.35. The number of aryl methyl sites for hydroxylation is 1. The van der Waals surface area contributed by atoms with E-state index >= 15 is 0 Å². The Hall–Kier alpha value is -3.81. The summed E-state index contributed by atoms with van der Waals surface area (Å²) in [5.41, 5.74) is 6.99. The number of hydrogen-bond donors (Lipinski definition) is 2. The molecule has 0 bridgehead atoms. The highest BCUT2D eigenvalue weighted by molar-refractivity contribution is 6.07. The number of carbonyl (C=O) groups is 3. The number of hydrazine groups is 1. The summed E-state index contributed by atoms with van der Waals surface area (Å²) in [6.07, 6.45) is 1.79. The summed E-state index contributed by atoms with van der Waals surface area (Å²) in [6.45, 7) is 0.238. The first-order chi connectivity index (χ1) is 14.5. The maximum atomic E-state index is 12.6. The van der Waals surface area contributed by atoms with Crippen molar-refractivity contribution >= 4 is 34.3 Å². The zero-order valence-electron chi connectivity index (χ0n) is 16.7. The lowest BCUT2D eigenvalue weighted by Crippen LogP contribution is -2.45. The Bertz CT molecular complexity index is 1140. The number of fused-ring (bicyclic) bond motifs is 1. The molecule has 1 aliphatic rings. The van der Waals surface area contributed by atoms with E-state index in [1.807, 2.05) is 35.9 Å². The predicted molar refractivity (Wildman–Crippen MR) is 112 cm³/mol. The number of carbonyl (C=O) groups excluding carboxylic acids is 3. The van der Waals surface area contributed by atoms with Crippen LogP contribution in [0.25, 0.3) is 10.9 Å². The lowest BCUT2D eigenvalue weighted by atomic mass is 10.1. The number of methoxy groups -OCH3 is 1. The molecule has 1 aromatic heterocycles. The van der Waals surface area contributed by atoms with E-state index in [1.165, 1.54) is 0 Å². The van der Waals surface area contributed by atoms with Crippen molar-refractivity contribution in [2.24, 2.45) is 13.0 Å². The van der Waals surface area contributed by atoms with Gasteiger partial charge in [-0.2, -0.15) is 0 Å². The molecule has 0 spiro atoms. The van der Waals surface area contributed by atoms with Crippen LogP contribution in [0.15, 0.2) is 54.7 Å². The van der Waals surface area contributed by atoms with Crippen LogP contribution >= 0.6 is 0 Å². The van der Waals surface area contributed by atoms with Crippen molar-refractivity contribution in [3.05, 3.63) is 60.3 Å². The lowest BCUT2D eigenvalue weighted by molar-refractivity contribution is -0.126. The fourth-order valence-electron chi connectivity index (χ4n) is 3.72. The summed E-state index contributed by atoms with van der Waals surface area (Å²) >= 11 is 0. The van der Waals surface area contributed by atoms with Crippen LogP contribution in [0.3, 0.4) is 0 Å². The minimum absolute atomic E-state index is 0.0766. The number of nitrogens with one attached hydrogen (secondary N) is 2. The summed E-state index contributed by atoms with van der Waals surface area (Å²) in [4.78, 5) is 39.1. The monoisotopic (exact) mass is 406 g/mol. The van der Waals surface area contributed by atoms with E-state index in [0.29, 0.717) is 17.0 Å². The highest BCUT2D eigenvalue weighted by Crippen LogP contribution is 2.28. The van der Waals surface area contributed by atoms with Crippen molar-refractivity contribution in [3.63, 3.8) is 0 Å². The molecular formula is C22H22N4O4. The quantitative estimate of drug-likeness (QED) is 0.648. The molecule has 1 saturated heterocycles. The molecular weight excluding hydrogens is 384 g/mol. The van der Waals surface area contributed by atoms with E-state index in [4.69, 9.17) is 4.74 Å². The number of hydrogen-bond acceptors (Lipinski definition) is 4. The number of para-hydroxylation sites is 1. The Morgan fingerprint density at radius 3 is 2.70 bits per heavy atom. The van der Waals surface area contributed by atoms with Gasteiger partial charge in [0, 0.05) is 48.9 Å². The molecule has 3 aromatic rings. The molecule has 30 heavy (non-hydrogen) atoms. The van der Waals surface area contributed by atoms with Crippen molar-refractivity contribution in [2.45, 2.75) is 6.42 Å². The Balaban J connectivity index is 1.40. The molecule has 8 heteroatoms. The highest BCUT2D eigenvalue weighted by atomic mass is 16.5. The fraction of sp³-hybridized carbons (Fsp3) is 0.227. The molecule has 2 aromatic carbocycles. The van der Waals surface area contributed by atoms with Crippen LogP contribution < -0.4 is 20.5 Å². The van der Waals surface area contributed by atoms with E-state index in [2.05, 4.69) is 10.9 Å². The van der Waals surface area contributed by atoms with Crippen molar-refractivity contribution < 1.29 is 19.1 Å². The molecule has 3 amide bonds. The van der Waals surface area contributed by atoms with Gasteiger partial charge in [0.25, 0.3) is 5.91 Å². The second-order valence-electron chi connectivity index (χ2n) is 7.22. The number of rotatable bonds is 4. The third-order valence-corrected chi connectivity index (χ3v) is 5.30. The van der Waals surface area contributed by atoms with Gasteiger partial charge in [0.1, 0.15) is 5.75 Å². The number of nitrogens with zero attached hydrogens (tertiary/aromatic N) is 2. The van der Waals surface area contributed by atoms with Gasteiger partial charge in [-0.25, -0.2) is 0 Å². The van der Waals surface area contributed by atoms with E-state index in [1.54, 1.807) is 42.5 Å². The summed E-state index contributed by atoms with van der Waals surface area (Å²) < 4.78 is 7.05. The maximum absolute atomic E-state index is 12.6. The Morgan fingerprint density at radius 1 is 1.10 bits per heavy atom. The van der Waals surface area contributed by atoms with Crippen LogP contribution in [-0.4, -0.2) is 35.9 Å². The lowest BCUT2D eigenvalue weighted by Gasteiger charge is -2.17. The SMILES string of the molecule is COc1cccc(N2CC(C(=O)NNC(=O)c3cn(C)c4ccccc34)CC2=O)c1. The normalized spacial score (nSPS) is 16.0. The third kappa shape index (κ3) is 3.59. The van der Waals surface area contributed by atoms with Crippen LogP contribution in [0.4, 0.5) is 5.69 Å². The smallest absolute Gasteiger partial charge is 0.271 e. The second kappa shape index (κ2) is 7.90. The van der Waals surface area contributed by atoms with Gasteiger partial charge < -0.3 is 14.2 Å². The van der Waals surface area contributed by atoms with Crippen molar-refractivity contribution in [1.82, 2.24) is 15.4 Å². The van der Waals surface area contributed by atoms with Crippen LogP contribution in [0, 0.1) is 5.92 Å². The number of aromatic nitrogens is 1. The maximum Gasteiger partial charge on any atom is 0.271 e. The molecule has 0 saturated carbocycles. The standard InChI is InChI=1S/C22H22N4O4/c1-25-13-18(17-8-3-4-9-19(17)25)22(29)24-23-21(28)14-10-20(27)26(12-14)15-6-5-7-16(11-15)30-2/h3-9,11,13-14H,10,12H2,1-2H3,(H,23,28)(H,24,29). The first kappa shape index (κ1) is 19.5. The number of anilines is 1. The molecule has 4 rings (SSSR count). The van der Waals surface area contributed by atoms with Crippen LogP contribution in [0.5, 0.6) is 5.75 Å². The van der Waals surface area contributed by atoms with Gasteiger partial charge >= 0.3 is 0 Å². The minimum atomic E-state index is -0.559. The molecule has 2 heterocycles. The Labute approximate surface area is 173 Å². The number of amides is 3. The average molecular weight is 406 g/mol. The zero-order chi connectivity index (χ0) is 21.3. The van der Waals surface area contributed by atoms with Crippen molar-refractivity contribution in [2.75, 3.05) is 18.6 Å². The van der Waals surface area contributed by atoms with E-state index < -0.39 is 17.7 Å². The second-order valence-corrected chi connectivity index (χ2v) is 7.22. The molecule has 2 N–H and O–H groups in total. The van der Waals surface area contributed by atoms with Crippen LogP contribution in [-0.2, 0) is 16.6 Å². The topological polar surface area (TPSA) is 92.7 Å². The molecule has 154 valence electrons. The van der Waals surface area contributed by atoms with Crippen molar-refractivity contribution in [3.8, 4) is 5.75 Å². The molecule has 0 radical (unpaired) electrons. The van der Waals surface area contributed by atoms with Gasteiger partial charge in [-0.05, 0) is 18.2 Å². The molecule has 1 fully saturated rings.